The SMILES string of the molecule is CC1=C(O)C(CO)C(COP=O)C=N1. The minimum absolute atomic E-state index is 0.0752. The molecule has 1 heterocycles. The molecule has 0 saturated carbocycles. The second-order valence-electron chi connectivity index (χ2n) is 3.07. The first-order valence-corrected chi connectivity index (χ1v) is 4.93. The first-order valence-electron chi connectivity index (χ1n) is 4.20. The van der Waals surface area contributed by atoms with Crippen LogP contribution in [0.25, 0.3) is 0 Å². The van der Waals surface area contributed by atoms with E-state index in [4.69, 9.17) is 5.11 Å². The zero-order valence-electron chi connectivity index (χ0n) is 7.75. The maximum atomic E-state index is 10.1. The molecule has 5 nitrogen and oxygen atoms in total. The van der Waals surface area contributed by atoms with Crippen molar-refractivity contribution >= 4 is 14.9 Å². The van der Waals surface area contributed by atoms with Crippen molar-refractivity contribution in [3.8, 4) is 0 Å². The molecule has 0 amide bonds. The molecule has 0 radical (unpaired) electrons. The first-order chi connectivity index (χ1) is 6.70. The van der Waals surface area contributed by atoms with Crippen molar-refractivity contribution in [1.82, 2.24) is 0 Å². The highest BCUT2D eigenvalue weighted by Gasteiger charge is 2.28. The number of hydrogen-bond donors (Lipinski definition) is 2. The molecule has 1 aliphatic rings. The van der Waals surface area contributed by atoms with Gasteiger partial charge in [0.25, 0.3) is 0 Å². The van der Waals surface area contributed by atoms with Crippen LogP contribution in [-0.4, -0.2) is 29.6 Å². The molecule has 0 bridgehead atoms. The average Bonchev–Trinajstić information content (AvgIpc) is 2.20. The Hall–Kier alpha value is -0.770. The van der Waals surface area contributed by atoms with E-state index in [0.29, 0.717) is 5.70 Å². The smallest absolute Gasteiger partial charge is 0.327 e. The monoisotopic (exact) mass is 217 g/mol. The van der Waals surface area contributed by atoms with E-state index in [2.05, 4.69) is 9.52 Å². The summed E-state index contributed by atoms with van der Waals surface area (Å²) >= 11 is 0. The van der Waals surface area contributed by atoms with E-state index in [1.54, 1.807) is 13.1 Å². The second-order valence-corrected chi connectivity index (χ2v) is 3.48. The summed E-state index contributed by atoms with van der Waals surface area (Å²) in [6.07, 6.45) is 1.60. The molecule has 1 aliphatic heterocycles. The van der Waals surface area contributed by atoms with Crippen LogP contribution < -0.4 is 0 Å². The van der Waals surface area contributed by atoms with Crippen LogP contribution in [0.3, 0.4) is 0 Å². The van der Waals surface area contributed by atoms with Crippen molar-refractivity contribution < 1.29 is 19.3 Å². The van der Waals surface area contributed by atoms with Gasteiger partial charge >= 0.3 is 8.69 Å². The van der Waals surface area contributed by atoms with Crippen LogP contribution in [0.5, 0.6) is 0 Å². The van der Waals surface area contributed by atoms with Crippen molar-refractivity contribution in [1.29, 1.82) is 0 Å². The summed E-state index contributed by atoms with van der Waals surface area (Å²) in [7, 11) is -0.406. The average molecular weight is 217 g/mol. The molecule has 1 rings (SSSR count). The van der Waals surface area contributed by atoms with E-state index < -0.39 is 14.6 Å². The highest BCUT2D eigenvalue weighted by Crippen LogP contribution is 2.26. The summed E-state index contributed by atoms with van der Waals surface area (Å²) in [4.78, 5) is 3.95. The van der Waals surface area contributed by atoms with Crippen LogP contribution in [0.15, 0.2) is 16.4 Å². The number of aliphatic hydroxyl groups is 2. The lowest BCUT2D eigenvalue weighted by Crippen LogP contribution is -2.28. The van der Waals surface area contributed by atoms with Crippen LogP contribution in [-0.2, 0) is 9.09 Å². The Bertz CT molecular complexity index is 277. The molecule has 2 N–H and O–H groups in total. The Balaban J connectivity index is 2.71. The Morgan fingerprint density at radius 2 is 2.43 bits per heavy atom. The Labute approximate surface area is 83.4 Å². The van der Waals surface area contributed by atoms with Crippen LogP contribution in [0.4, 0.5) is 0 Å². The third kappa shape index (κ3) is 2.38. The standard InChI is InChI=1S/C8H12NO4P/c1-5-8(11)7(3-10)6(2-9-5)4-13-14-12/h2,6-7,10-11H,3-4H2,1H3. The predicted molar refractivity (Wildman–Crippen MR) is 51.4 cm³/mol. The Kier molecular flexibility index (Phi) is 4.20. The third-order valence-corrected chi connectivity index (χ3v) is 2.47. The molecule has 2 atom stereocenters. The van der Waals surface area contributed by atoms with Crippen LogP contribution in [0.2, 0.25) is 0 Å². The fourth-order valence-corrected chi connectivity index (χ4v) is 1.58. The first kappa shape index (κ1) is 11.3. The van der Waals surface area contributed by atoms with E-state index in [1.165, 1.54) is 0 Å². The van der Waals surface area contributed by atoms with Gasteiger partial charge in [-0.05, 0) is 6.92 Å². The molecule has 78 valence electrons. The zero-order chi connectivity index (χ0) is 10.6. The van der Waals surface area contributed by atoms with Gasteiger partial charge in [-0.1, -0.05) is 0 Å². The van der Waals surface area contributed by atoms with Gasteiger partial charge in [-0.15, -0.1) is 0 Å². The number of allylic oxidation sites excluding steroid dienone is 1. The third-order valence-electron chi connectivity index (χ3n) is 2.21. The van der Waals surface area contributed by atoms with Gasteiger partial charge in [0.1, 0.15) is 5.76 Å². The maximum absolute atomic E-state index is 10.1. The van der Waals surface area contributed by atoms with Crippen LogP contribution in [0, 0.1) is 11.8 Å². The molecule has 6 heteroatoms. The molecule has 14 heavy (non-hydrogen) atoms. The highest BCUT2D eigenvalue weighted by atomic mass is 31.1. The summed E-state index contributed by atoms with van der Waals surface area (Å²) < 4.78 is 14.8. The molecule has 0 spiro atoms. The van der Waals surface area contributed by atoms with E-state index in [-0.39, 0.29) is 24.9 Å². The van der Waals surface area contributed by atoms with E-state index in [1.807, 2.05) is 0 Å². The molecule has 0 fully saturated rings. The zero-order valence-corrected chi connectivity index (χ0v) is 8.65. The molecule has 0 aromatic heterocycles. The normalized spacial score (nSPS) is 27.3. The van der Waals surface area contributed by atoms with Crippen molar-refractivity contribution in [3.63, 3.8) is 0 Å². The van der Waals surface area contributed by atoms with E-state index in [9.17, 15) is 9.67 Å². The Morgan fingerprint density at radius 1 is 1.71 bits per heavy atom. The maximum Gasteiger partial charge on any atom is 0.327 e. The number of aliphatic imine (C=N–C) groups is 1. The van der Waals surface area contributed by atoms with Crippen molar-refractivity contribution in [3.05, 3.63) is 11.5 Å². The summed E-state index contributed by atoms with van der Waals surface area (Å²) in [5.41, 5.74) is 0.500. The summed E-state index contributed by atoms with van der Waals surface area (Å²) in [5.74, 6) is -0.564. The number of rotatable bonds is 4. The van der Waals surface area contributed by atoms with Gasteiger partial charge < -0.3 is 10.2 Å². The van der Waals surface area contributed by atoms with Gasteiger partial charge in [0.15, 0.2) is 0 Å². The molecule has 0 aromatic carbocycles. The summed E-state index contributed by atoms with van der Waals surface area (Å²) in [6, 6.07) is 0. The van der Waals surface area contributed by atoms with Gasteiger partial charge in [-0.25, -0.2) is 4.57 Å². The minimum Gasteiger partial charge on any atom is -0.510 e. The van der Waals surface area contributed by atoms with Crippen molar-refractivity contribution in [2.75, 3.05) is 13.2 Å². The molecule has 0 saturated heterocycles. The fraction of sp³-hybridized carbons (Fsp3) is 0.625. The van der Waals surface area contributed by atoms with Gasteiger partial charge in [-0.2, -0.15) is 0 Å². The fourth-order valence-electron chi connectivity index (χ4n) is 1.35. The molecule has 2 unspecified atom stereocenters. The lowest BCUT2D eigenvalue weighted by atomic mass is 9.90. The molecular weight excluding hydrogens is 205 g/mol. The number of nitrogens with zero attached hydrogens (tertiary/aromatic N) is 1. The largest absolute Gasteiger partial charge is 0.510 e. The van der Waals surface area contributed by atoms with Gasteiger partial charge in [0.2, 0.25) is 0 Å². The quantitative estimate of drug-likeness (QED) is 0.696. The van der Waals surface area contributed by atoms with Gasteiger partial charge in [0.05, 0.1) is 24.8 Å². The topological polar surface area (TPSA) is 79.1 Å². The Morgan fingerprint density at radius 3 is 3.00 bits per heavy atom. The summed E-state index contributed by atoms with van der Waals surface area (Å²) in [6.45, 7) is 1.65. The van der Waals surface area contributed by atoms with E-state index in [0.717, 1.165) is 0 Å². The van der Waals surface area contributed by atoms with E-state index >= 15 is 0 Å². The highest BCUT2D eigenvalue weighted by molar-refractivity contribution is 7.17. The lowest BCUT2D eigenvalue weighted by molar-refractivity contribution is 0.151. The van der Waals surface area contributed by atoms with Crippen LogP contribution in [0.1, 0.15) is 6.92 Å². The predicted octanol–water partition coefficient (Wildman–Crippen LogP) is 1.31. The minimum atomic E-state index is -0.408. The molecular formula is C8H12NO4P. The molecule has 0 aromatic rings. The van der Waals surface area contributed by atoms with Crippen molar-refractivity contribution in [2.45, 2.75) is 6.92 Å². The second kappa shape index (κ2) is 5.20. The number of aliphatic hydroxyl groups excluding tert-OH is 2. The van der Waals surface area contributed by atoms with Gasteiger partial charge in [-0.3, -0.25) is 9.52 Å². The lowest BCUT2D eigenvalue weighted by Gasteiger charge is -2.24. The van der Waals surface area contributed by atoms with Crippen molar-refractivity contribution in [2.24, 2.45) is 16.8 Å². The number of hydrogen-bond acceptors (Lipinski definition) is 5. The van der Waals surface area contributed by atoms with Crippen LogP contribution >= 0.6 is 8.69 Å². The summed E-state index contributed by atoms with van der Waals surface area (Å²) in [5, 5.41) is 18.6. The molecule has 0 aliphatic carbocycles. The van der Waals surface area contributed by atoms with Gasteiger partial charge in [0, 0.05) is 12.1 Å².